The Morgan fingerprint density at radius 2 is 2.00 bits per heavy atom. The smallest absolute Gasteiger partial charge is 0.157 e. The first-order valence-electron chi connectivity index (χ1n) is 6.24. The molecule has 92 valence electrons. The van der Waals surface area contributed by atoms with E-state index >= 15 is 0 Å². The Labute approximate surface area is 102 Å². The number of benzene rings is 1. The van der Waals surface area contributed by atoms with Crippen LogP contribution in [0, 0.1) is 0 Å². The van der Waals surface area contributed by atoms with Gasteiger partial charge in [-0.15, -0.1) is 0 Å². The van der Waals surface area contributed by atoms with Gasteiger partial charge in [0, 0.05) is 13.0 Å². The van der Waals surface area contributed by atoms with Crippen LogP contribution in [0.25, 0.3) is 0 Å². The van der Waals surface area contributed by atoms with E-state index < -0.39 is 5.54 Å². The summed E-state index contributed by atoms with van der Waals surface area (Å²) in [6, 6.07) is 9.86. The molecule has 0 unspecified atom stereocenters. The van der Waals surface area contributed by atoms with Crippen molar-refractivity contribution in [2.45, 2.75) is 31.2 Å². The first-order chi connectivity index (χ1) is 8.29. The SMILES string of the molecule is O=C1CCCC[C@@]1(NCCO)c1ccccc1. The van der Waals surface area contributed by atoms with Gasteiger partial charge in [-0.3, -0.25) is 10.1 Å². The van der Waals surface area contributed by atoms with Gasteiger partial charge in [-0.05, 0) is 18.4 Å². The van der Waals surface area contributed by atoms with E-state index in [-0.39, 0.29) is 12.4 Å². The molecule has 0 aromatic heterocycles. The summed E-state index contributed by atoms with van der Waals surface area (Å²) < 4.78 is 0. The minimum atomic E-state index is -0.567. The predicted octanol–water partition coefficient (Wildman–Crippen LogP) is 1.61. The highest BCUT2D eigenvalue weighted by molar-refractivity contribution is 5.90. The van der Waals surface area contributed by atoms with Crippen LogP contribution in [0.4, 0.5) is 0 Å². The second-order valence-corrected chi connectivity index (χ2v) is 4.55. The summed E-state index contributed by atoms with van der Waals surface area (Å²) in [5, 5.41) is 12.2. The average Bonchev–Trinajstić information content (AvgIpc) is 2.39. The first kappa shape index (κ1) is 12.3. The molecule has 0 aliphatic heterocycles. The van der Waals surface area contributed by atoms with E-state index in [2.05, 4.69) is 5.32 Å². The van der Waals surface area contributed by atoms with Crippen molar-refractivity contribution in [3.8, 4) is 0 Å². The molecule has 1 atom stereocenters. The van der Waals surface area contributed by atoms with E-state index in [0.29, 0.717) is 13.0 Å². The molecule has 1 saturated carbocycles. The van der Waals surface area contributed by atoms with Gasteiger partial charge in [-0.2, -0.15) is 0 Å². The molecule has 1 aliphatic carbocycles. The van der Waals surface area contributed by atoms with E-state index in [1.165, 1.54) is 0 Å². The molecular formula is C14H19NO2. The number of nitrogens with one attached hydrogen (secondary N) is 1. The summed E-state index contributed by atoms with van der Waals surface area (Å²) in [6.07, 6.45) is 3.50. The van der Waals surface area contributed by atoms with Gasteiger partial charge in [0.15, 0.2) is 5.78 Å². The van der Waals surface area contributed by atoms with Crippen LogP contribution >= 0.6 is 0 Å². The third-order valence-corrected chi connectivity index (χ3v) is 3.49. The average molecular weight is 233 g/mol. The van der Waals surface area contributed by atoms with Gasteiger partial charge in [-0.25, -0.2) is 0 Å². The fourth-order valence-electron chi connectivity index (χ4n) is 2.61. The number of hydrogen-bond donors (Lipinski definition) is 2. The molecule has 0 spiro atoms. The third-order valence-electron chi connectivity index (χ3n) is 3.49. The van der Waals surface area contributed by atoms with Gasteiger partial charge < -0.3 is 5.11 Å². The molecule has 3 heteroatoms. The molecular weight excluding hydrogens is 214 g/mol. The van der Waals surface area contributed by atoms with E-state index in [4.69, 9.17) is 5.11 Å². The zero-order valence-electron chi connectivity index (χ0n) is 9.98. The van der Waals surface area contributed by atoms with Crippen LogP contribution in [0.5, 0.6) is 0 Å². The molecule has 0 saturated heterocycles. The molecule has 1 aromatic carbocycles. The highest BCUT2D eigenvalue weighted by Gasteiger charge is 2.40. The Balaban J connectivity index is 2.32. The number of carbonyl (C=O) groups excluding carboxylic acids is 1. The number of hydrogen-bond acceptors (Lipinski definition) is 3. The normalized spacial score (nSPS) is 24.9. The second-order valence-electron chi connectivity index (χ2n) is 4.55. The molecule has 1 aliphatic rings. The van der Waals surface area contributed by atoms with Gasteiger partial charge in [0.05, 0.1) is 6.61 Å². The lowest BCUT2D eigenvalue weighted by Gasteiger charge is -2.37. The minimum Gasteiger partial charge on any atom is -0.395 e. The molecule has 17 heavy (non-hydrogen) atoms. The van der Waals surface area contributed by atoms with Crippen LogP contribution in [0.2, 0.25) is 0 Å². The Hall–Kier alpha value is -1.19. The molecule has 0 amide bonds. The number of carbonyl (C=O) groups is 1. The molecule has 2 N–H and O–H groups in total. The maximum Gasteiger partial charge on any atom is 0.157 e. The van der Waals surface area contributed by atoms with Crippen molar-refractivity contribution in [2.24, 2.45) is 0 Å². The summed E-state index contributed by atoms with van der Waals surface area (Å²) in [5.41, 5.74) is 0.459. The van der Waals surface area contributed by atoms with E-state index in [1.807, 2.05) is 30.3 Å². The van der Waals surface area contributed by atoms with Crippen LogP contribution in [0.3, 0.4) is 0 Å². The fraction of sp³-hybridized carbons (Fsp3) is 0.500. The number of Topliss-reactive ketones (excluding diaryl/α,β-unsaturated/α-hetero) is 1. The van der Waals surface area contributed by atoms with E-state index in [0.717, 1.165) is 24.8 Å². The van der Waals surface area contributed by atoms with Crippen molar-refractivity contribution in [3.05, 3.63) is 35.9 Å². The molecule has 1 aromatic rings. The van der Waals surface area contributed by atoms with Crippen LogP contribution < -0.4 is 5.32 Å². The lowest BCUT2D eigenvalue weighted by molar-refractivity contribution is -0.128. The van der Waals surface area contributed by atoms with E-state index in [1.54, 1.807) is 0 Å². The first-order valence-corrected chi connectivity index (χ1v) is 6.24. The molecule has 0 heterocycles. The van der Waals surface area contributed by atoms with Crippen molar-refractivity contribution < 1.29 is 9.90 Å². The van der Waals surface area contributed by atoms with Crippen molar-refractivity contribution in [1.29, 1.82) is 0 Å². The van der Waals surface area contributed by atoms with Crippen molar-refractivity contribution in [2.75, 3.05) is 13.2 Å². The number of aliphatic hydroxyl groups is 1. The number of aliphatic hydroxyl groups excluding tert-OH is 1. The highest BCUT2D eigenvalue weighted by atomic mass is 16.3. The summed E-state index contributed by atoms with van der Waals surface area (Å²) in [6.45, 7) is 0.516. The molecule has 0 radical (unpaired) electrons. The predicted molar refractivity (Wildman–Crippen MR) is 66.7 cm³/mol. The quantitative estimate of drug-likeness (QED) is 0.830. The third kappa shape index (κ3) is 2.40. The lowest BCUT2D eigenvalue weighted by Crippen LogP contribution is -2.51. The van der Waals surface area contributed by atoms with Crippen molar-refractivity contribution in [3.63, 3.8) is 0 Å². The fourth-order valence-corrected chi connectivity index (χ4v) is 2.61. The Morgan fingerprint density at radius 3 is 2.65 bits per heavy atom. The Kier molecular flexibility index (Phi) is 3.92. The number of ketones is 1. The van der Waals surface area contributed by atoms with Crippen LogP contribution in [0.1, 0.15) is 31.2 Å². The standard InChI is InChI=1S/C14H19NO2/c16-11-10-15-14(9-5-4-8-13(14)17)12-6-2-1-3-7-12/h1-3,6-7,15-16H,4-5,8-11H2/t14-/m1/s1. The van der Waals surface area contributed by atoms with Gasteiger partial charge in [0.2, 0.25) is 0 Å². The van der Waals surface area contributed by atoms with Gasteiger partial charge >= 0.3 is 0 Å². The summed E-state index contributed by atoms with van der Waals surface area (Å²) >= 11 is 0. The molecule has 3 nitrogen and oxygen atoms in total. The summed E-state index contributed by atoms with van der Waals surface area (Å²) in [5.74, 6) is 0.253. The zero-order chi connectivity index (χ0) is 12.1. The molecule has 1 fully saturated rings. The topological polar surface area (TPSA) is 49.3 Å². The monoisotopic (exact) mass is 233 g/mol. The van der Waals surface area contributed by atoms with Crippen molar-refractivity contribution >= 4 is 5.78 Å². The maximum atomic E-state index is 12.3. The van der Waals surface area contributed by atoms with Gasteiger partial charge in [0.1, 0.15) is 5.54 Å². The lowest BCUT2D eigenvalue weighted by atomic mass is 9.75. The zero-order valence-corrected chi connectivity index (χ0v) is 9.98. The van der Waals surface area contributed by atoms with Crippen molar-refractivity contribution in [1.82, 2.24) is 5.32 Å². The van der Waals surface area contributed by atoms with Crippen LogP contribution in [0.15, 0.2) is 30.3 Å². The number of rotatable bonds is 4. The summed E-state index contributed by atoms with van der Waals surface area (Å²) in [4.78, 5) is 12.3. The van der Waals surface area contributed by atoms with Crippen LogP contribution in [-0.4, -0.2) is 24.0 Å². The van der Waals surface area contributed by atoms with Gasteiger partial charge in [0.25, 0.3) is 0 Å². The molecule has 0 bridgehead atoms. The van der Waals surface area contributed by atoms with Gasteiger partial charge in [-0.1, -0.05) is 36.8 Å². The molecule has 2 rings (SSSR count). The Bertz CT molecular complexity index is 377. The van der Waals surface area contributed by atoms with Crippen LogP contribution in [-0.2, 0) is 10.3 Å². The highest BCUT2D eigenvalue weighted by Crippen LogP contribution is 2.34. The maximum absolute atomic E-state index is 12.3. The largest absolute Gasteiger partial charge is 0.395 e. The summed E-state index contributed by atoms with van der Waals surface area (Å²) in [7, 11) is 0. The second kappa shape index (κ2) is 5.43. The van der Waals surface area contributed by atoms with E-state index in [9.17, 15) is 4.79 Å². The minimum absolute atomic E-state index is 0.0574. The Morgan fingerprint density at radius 1 is 1.24 bits per heavy atom.